The van der Waals surface area contributed by atoms with Gasteiger partial charge < -0.3 is 14.8 Å². The van der Waals surface area contributed by atoms with Crippen LogP contribution in [0.25, 0.3) is 0 Å². The van der Waals surface area contributed by atoms with Gasteiger partial charge in [-0.15, -0.1) is 0 Å². The van der Waals surface area contributed by atoms with Crippen molar-refractivity contribution in [1.82, 2.24) is 10.3 Å². The van der Waals surface area contributed by atoms with E-state index in [4.69, 9.17) is 9.47 Å². The monoisotopic (exact) mass is 270 g/mol. The third kappa shape index (κ3) is 2.91. The second kappa shape index (κ2) is 5.92. The van der Waals surface area contributed by atoms with Crippen molar-refractivity contribution in [3.05, 3.63) is 54.4 Å². The first-order valence-corrected chi connectivity index (χ1v) is 6.85. The molecule has 2 aromatic rings. The number of nitrogens with one attached hydrogen (secondary N) is 1. The highest BCUT2D eigenvalue weighted by molar-refractivity contribution is 5.40. The average Bonchev–Trinajstić information content (AvgIpc) is 2.53. The van der Waals surface area contributed by atoms with Crippen LogP contribution in [0.15, 0.2) is 48.8 Å². The number of benzene rings is 1. The highest BCUT2D eigenvalue weighted by Gasteiger charge is 2.20. The standard InChI is InChI=1S/C16H18N2O2/c1-12(13-5-4-8-17-9-13)18-10-14-11-19-15-6-2-3-7-16(15)20-14/h2-9,12,14,18H,10-11H2,1H3/t12-,14+/m1/s1. The van der Waals surface area contributed by atoms with Gasteiger partial charge in [0.25, 0.3) is 0 Å². The van der Waals surface area contributed by atoms with E-state index in [1.54, 1.807) is 6.20 Å². The van der Waals surface area contributed by atoms with Gasteiger partial charge in [0.15, 0.2) is 11.5 Å². The van der Waals surface area contributed by atoms with E-state index in [0.717, 1.165) is 18.0 Å². The quantitative estimate of drug-likeness (QED) is 0.927. The molecule has 104 valence electrons. The van der Waals surface area contributed by atoms with E-state index in [0.29, 0.717) is 6.61 Å². The van der Waals surface area contributed by atoms with Gasteiger partial charge in [0.2, 0.25) is 0 Å². The first-order chi connectivity index (χ1) is 9.83. The first kappa shape index (κ1) is 12.9. The van der Waals surface area contributed by atoms with Crippen LogP contribution >= 0.6 is 0 Å². The number of rotatable bonds is 4. The molecule has 2 atom stereocenters. The van der Waals surface area contributed by atoms with Crippen molar-refractivity contribution in [1.29, 1.82) is 0 Å². The largest absolute Gasteiger partial charge is 0.486 e. The Bertz CT molecular complexity index is 559. The Morgan fingerprint density at radius 2 is 2.10 bits per heavy atom. The molecule has 0 amide bonds. The van der Waals surface area contributed by atoms with Crippen molar-refractivity contribution < 1.29 is 9.47 Å². The van der Waals surface area contributed by atoms with Gasteiger partial charge in [-0.3, -0.25) is 4.98 Å². The summed E-state index contributed by atoms with van der Waals surface area (Å²) in [5.74, 6) is 1.64. The molecule has 1 aliphatic heterocycles. The zero-order valence-corrected chi connectivity index (χ0v) is 11.5. The maximum atomic E-state index is 5.92. The highest BCUT2D eigenvalue weighted by Crippen LogP contribution is 2.30. The maximum Gasteiger partial charge on any atom is 0.161 e. The van der Waals surface area contributed by atoms with E-state index in [2.05, 4.69) is 23.3 Å². The summed E-state index contributed by atoms with van der Waals surface area (Å²) in [6.45, 7) is 3.43. The Kier molecular flexibility index (Phi) is 3.83. The highest BCUT2D eigenvalue weighted by atomic mass is 16.6. The fourth-order valence-corrected chi connectivity index (χ4v) is 2.22. The SMILES string of the molecule is C[C@@H](NC[C@H]1COc2ccccc2O1)c1cccnc1. The van der Waals surface area contributed by atoms with Gasteiger partial charge in [0.1, 0.15) is 12.7 Å². The number of para-hydroxylation sites is 2. The average molecular weight is 270 g/mol. The molecule has 2 heterocycles. The van der Waals surface area contributed by atoms with E-state index < -0.39 is 0 Å². The van der Waals surface area contributed by atoms with Gasteiger partial charge in [-0.25, -0.2) is 0 Å². The Morgan fingerprint density at radius 1 is 1.25 bits per heavy atom. The summed E-state index contributed by atoms with van der Waals surface area (Å²) >= 11 is 0. The minimum Gasteiger partial charge on any atom is -0.486 e. The van der Waals surface area contributed by atoms with Crippen molar-refractivity contribution >= 4 is 0 Å². The van der Waals surface area contributed by atoms with Crippen LogP contribution in [0.3, 0.4) is 0 Å². The molecule has 1 aliphatic rings. The molecule has 0 fully saturated rings. The van der Waals surface area contributed by atoms with Gasteiger partial charge in [-0.1, -0.05) is 18.2 Å². The minimum absolute atomic E-state index is 0.0315. The molecule has 3 rings (SSSR count). The maximum absolute atomic E-state index is 5.92. The van der Waals surface area contributed by atoms with Gasteiger partial charge in [-0.2, -0.15) is 0 Å². The lowest BCUT2D eigenvalue weighted by Crippen LogP contribution is -2.39. The van der Waals surface area contributed by atoms with E-state index in [9.17, 15) is 0 Å². The van der Waals surface area contributed by atoms with Crippen LogP contribution in [0.2, 0.25) is 0 Å². The molecule has 0 unspecified atom stereocenters. The Balaban J connectivity index is 1.55. The molecule has 0 bridgehead atoms. The van der Waals surface area contributed by atoms with Gasteiger partial charge in [0, 0.05) is 25.0 Å². The molecular formula is C16H18N2O2. The Morgan fingerprint density at radius 3 is 2.90 bits per heavy atom. The smallest absolute Gasteiger partial charge is 0.161 e. The molecule has 0 saturated heterocycles. The molecule has 0 spiro atoms. The van der Waals surface area contributed by atoms with Gasteiger partial charge >= 0.3 is 0 Å². The van der Waals surface area contributed by atoms with E-state index in [-0.39, 0.29) is 12.1 Å². The number of aromatic nitrogens is 1. The summed E-state index contributed by atoms with van der Waals surface area (Å²) in [6.07, 6.45) is 3.69. The third-order valence-electron chi connectivity index (χ3n) is 3.40. The van der Waals surface area contributed by atoms with E-state index in [1.807, 2.05) is 36.5 Å². The Hall–Kier alpha value is -2.07. The minimum atomic E-state index is 0.0315. The number of pyridine rings is 1. The molecule has 0 saturated carbocycles. The molecule has 1 aromatic heterocycles. The van der Waals surface area contributed by atoms with Crippen LogP contribution < -0.4 is 14.8 Å². The summed E-state index contributed by atoms with van der Waals surface area (Å²) in [5.41, 5.74) is 1.17. The molecular weight excluding hydrogens is 252 g/mol. The molecule has 1 N–H and O–H groups in total. The van der Waals surface area contributed by atoms with Crippen molar-refractivity contribution in [2.45, 2.75) is 19.1 Å². The lowest BCUT2D eigenvalue weighted by atomic mass is 10.1. The van der Waals surface area contributed by atoms with Crippen LogP contribution in [-0.4, -0.2) is 24.2 Å². The van der Waals surface area contributed by atoms with Crippen LogP contribution in [0.1, 0.15) is 18.5 Å². The van der Waals surface area contributed by atoms with Gasteiger partial charge in [0.05, 0.1) is 0 Å². The number of nitrogens with zero attached hydrogens (tertiary/aromatic N) is 1. The van der Waals surface area contributed by atoms with Crippen LogP contribution in [0, 0.1) is 0 Å². The summed E-state index contributed by atoms with van der Waals surface area (Å²) < 4.78 is 11.6. The predicted molar refractivity (Wildman–Crippen MR) is 77.0 cm³/mol. The number of ether oxygens (including phenoxy) is 2. The summed E-state index contributed by atoms with van der Waals surface area (Å²) in [4.78, 5) is 4.13. The number of fused-ring (bicyclic) bond motifs is 1. The summed E-state index contributed by atoms with van der Waals surface area (Å²) in [5, 5.41) is 3.45. The molecule has 1 aromatic carbocycles. The number of hydrogen-bond donors (Lipinski definition) is 1. The zero-order chi connectivity index (χ0) is 13.8. The van der Waals surface area contributed by atoms with Gasteiger partial charge in [-0.05, 0) is 30.7 Å². The van der Waals surface area contributed by atoms with Crippen LogP contribution in [0.5, 0.6) is 11.5 Å². The lowest BCUT2D eigenvalue weighted by molar-refractivity contribution is 0.0886. The second-order valence-corrected chi connectivity index (χ2v) is 4.91. The first-order valence-electron chi connectivity index (χ1n) is 6.85. The van der Waals surface area contributed by atoms with E-state index >= 15 is 0 Å². The number of hydrogen-bond acceptors (Lipinski definition) is 4. The topological polar surface area (TPSA) is 43.4 Å². The zero-order valence-electron chi connectivity index (χ0n) is 11.5. The summed E-state index contributed by atoms with van der Waals surface area (Å²) in [7, 11) is 0. The molecule has 0 aliphatic carbocycles. The molecule has 4 heteroatoms. The van der Waals surface area contributed by atoms with E-state index in [1.165, 1.54) is 5.56 Å². The molecule has 20 heavy (non-hydrogen) atoms. The normalized spacial score (nSPS) is 18.6. The summed E-state index contributed by atoms with van der Waals surface area (Å²) in [6, 6.07) is 12.0. The fraction of sp³-hybridized carbons (Fsp3) is 0.312. The van der Waals surface area contributed by atoms with Crippen molar-refractivity contribution in [3.8, 4) is 11.5 Å². The molecule has 4 nitrogen and oxygen atoms in total. The Labute approximate surface area is 118 Å². The van der Waals surface area contributed by atoms with Crippen molar-refractivity contribution in [2.75, 3.05) is 13.2 Å². The molecule has 0 radical (unpaired) electrons. The van der Waals surface area contributed by atoms with Crippen molar-refractivity contribution in [2.24, 2.45) is 0 Å². The van der Waals surface area contributed by atoms with Crippen LogP contribution in [-0.2, 0) is 0 Å². The second-order valence-electron chi connectivity index (χ2n) is 4.91. The van der Waals surface area contributed by atoms with Crippen LogP contribution in [0.4, 0.5) is 0 Å². The van der Waals surface area contributed by atoms with Crippen molar-refractivity contribution in [3.63, 3.8) is 0 Å². The fourth-order valence-electron chi connectivity index (χ4n) is 2.22. The third-order valence-corrected chi connectivity index (χ3v) is 3.40. The predicted octanol–water partition coefficient (Wildman–Crippen LogP) is 2.57. The lowest BCUT2D eigenvalue weighted by Gasteiger charge is -2.27.